The average Bonchev–Trinajstić information content (AvgIpc) is 2.10. The van der Waals surface area contributed by atoms with Gasteiger partial charge in [-0.05, 0) is 18.2 Å². The second-order valence-corrected chi connectivity index (χ2v) is 3.61. The molecule has 0 radical (unpaired) electrons. The maximum atomic E-state index is 13.1. The minimum Gasteiger partial charge on any atom is -0.481 e. The summed E-state index contributed by atoms with van der Waals surface area (Å²) in [4.78, 5) is 10.2. The number of aliphatic carboxylic acids is 1. The molecule has 0 unspecified atom stereocenters. The van der Waals surface area contributed by atoms with Crippen molar-refractivity contribution in [1.82, 2.24) is 0 Å². The highest BCUT2D eigenvalue weighted by Crippen LogP contribution is 2.19. The number of halogens is 2. The molecule has 0 saturated heterocycles. The molecule has 1 rings (SSSR count). The fourth-order valence-electron chi connectivity index (χ4n) is 0.937. The van der Waals surface area contributed by atoms with Gasteiger partial charge in [0.1, 0.15) is 5.82 Å². The molecule has 0 aliphatic heterocycles. The summed E-state index contributed by atoms with van der Waals surface area (Å²) in [6, 6.07) is 4.46. The van der Waals surface area contributed by atoms with Gasteiger partial charge < -0.3 is 10.4 Å². The van der Waals surface area contributed by atoms with Gasteiger partial charge in [-0.3, -0.25) is 4.79 Å². The van der Waals surface area contributed by atoms with Crippen LogP contribution in [-0.4, -0.2) is 17.6 Å². The Kier molecular flexibility index (Phi) is 3.88. The molecule has 0 atom stereocenters. The van der Waals surface area contributed by atoms with Gasteiger partial charge in [0.25, 0.3) is 0 Å². The van der Waals surface area contributed by atoms with Gasteiger partial charge in [0.05, 0.1) is 12.1 Å². The molecule has 5 heteroatoms. The molecule has 0 heterocycles. The third kappa shape index (κ3) is 3.33. The van der Waals surface area contributed by atoms with Crippen molar-refractivity contribution in [2.75, 3.05) is 11.9 Å². The number of anilines is 1. The third-order valence-electron chi connectivity index (χ3n) is 1.58. The summed E-state index contributed by atoms with van der Waals surface area (Å²) in [7, 11) is 0. The van der Waals surface area contributed by atoms with Crippen LogP contribution < -0.4 is 5.32 Å². The fourth-order valence-corrected chi connectivity index (χ4v) is 1.30. The summed E-state index contributed by atoms with van der Waals surface area (Å²) in [6.07, 6.45) is -0.0358. The van der Waals surface area contributed by atoms with E-state index in [0.717, 1.165) is 4.47 Å². The Bertz CT molecular complexity index is 344. The van der Waals surface area contributed by atoms with E-state index >= 15 is 0 Å². The van der Waals surface area contributed by atoms with Crippen LogP contribution in [-0.2, 0) is 4.79 Å². The van der Waals surface area contributed by atoms with E-state index in [0.29, 0.717) is 5.69 Å². The van der Waals surface area contributed by atoms with Crippen LogP contribution in [0.25, 0.3) is 0 Å². The second kappa shape index (κ2) is 4.95. The Morgan fingerprint density at radius 2 is 2.29 bits per heavy atom. The Morgan fingerprint density at radius 3 is 2.93 bits per heavy atom. The first kappa shape index (κ1) is 11.0. The molecule has 0 aliphatic rings. The average molecular weight is 262 g/mol. The predicted molar refractivity (Wildman–Crippen MR) is 54.8 cm³/mol. The van der Waals surface area contributed by atoms with Crippen LogP contribution in [0.3, 0.4) is 0 Å². The van der Waals surface area contributed by atoms with E-state index in [1.165, 1.54) is 6.07 Å². The van der Waals surface area contributed by atoms with Crippen molar-refractivity contribution in [2.24, 2.45) is 0 Å². The number of carboxylic acid groups (broad SMARTS) is 1. The lowest BCUT2D eigenvalue weighted by molar-refractivity contribution is -0.136. The predicted octanol–water partition coefficient (Wildman–Crippen LogP) is 2.47. The van der Waals surface area contributed by atoms with Crippen molar-refractivity contribution in [3.63, 3.8) is 0 Å². The number of benzene rings is 1. The molecule has 3 nitrogen and oxygen atoms in total. The zero-order valence-electron chi connectivity index (χ0n) is 7.26. The number of hydrogen-bond donors (Lipinski definition) is 2. The molecule has 0 aliphatic carbocycles. The van der Waals surface area contributed by atoms with Crippen molar-refractivity contribution in [2.45, 2.75) is 6.42 Å². The molecule has 1 aromatic carbocycles. The zero-order valence-corrected chi connectivity index (χ0v) is 8.84. The van der Waals surface area contributed by atoms with Crippen LogP contribution in [0.5, 0.6) is 0 Å². The fraction of sp³-hybridized carbons (Fsp3) is 0.222. The van der Waals surface area contributed by atoms with Crippen molar-refractivity contribution in [1.29, 1.82) is 0 Å². The van der Waals surface area contributed by atoms with Crippen molar-refractivity contribution in [3.8, 4) is 0 Å². The number of carbonyl (C=O) groups is 1. The van der Waals surface area contributed by atoms with Crippen LogP contribution in [0.4, 0.5) is 10.1 Å². The summed E-state index contributed by atoms with van der Waals surface area (Å²) < 4.78 is 13.8. The molecule has 2 N–H and O–H groups in total. The smallest absolute Gasteiger partial charge is 0.305 e. The van der Waals surface area contributed by atoms with E-state index in [1.807, 2.05) is 0 Å². The van der Waals surface area contributed by atoms with Gasteiger partial charge in [0, 0.05) is 11.0 Å². The molecule has 0 fully saturated rings. The van der Waals surface area contributed by atoms with Crippen molar-refractivity contribution >= 4 is 27.6 Å². The lowest BCUT2D eigenvalue weighted by atomic mass is 10.3. The SMILES string of the molecule is O=C(O)CCNc1cc(Br)ccc1F. The Labute approximate surface area is 89.1 Å². The summed E-state index contributed by atoms with van der Waals surface area (Å²) in [5.74, 6) is -1.30. The van der Waals surface area contributed by atoms with Gasteiger partial charge in [-0.25, -0.2) is 4.39 Å². The van der Waals surface area contributed by atoms with Gasteiger partial charge in [0.2, 0.25) is 0 Å². The van der Waals surface area contributed by atoms with E-state index in [9.17, 15) is 9.18 Å². The van der Waals surface area contributed by atoms with E-state index in [4.69, 9.17) is 5.11 Å². The summed E-state index contributed by atoms with van der Waals surface area (Å²) in [6.45, 7) is 0.211. The molecule has 14 heavy (non-hydrogen) atoms. The topological polar surface area (TPSA) is 49.3 Å². The number of hydrogen-bond acceptors (Lipinski definition) is 2. The van der Waals surface area contributed by atoms with Crippen LogP contribution in [0.1, 0.15) is 6.42 Å². The maximum absolute atomic E-state index is 13.1. The van der Waals surface area contributed by atoms with Crippen molar-refractivity contribution in [3.05, 3.63) is 28.5 Å². The highest BCUT2D eigenvalue weighted by Gasteiger charge is 2.02. The molecule has 0 saturated carbocycles. The third-order valence-corrected chi connectivity index (χ3v) is 2.08. The van der Waals surface area contributed by atoms with E-state index in [1.54, 1.807) is 12.1 Å². The van der Waals surface area contributed by atoms with Gasteiger partial charge in [-0.1, -0.05) is 15.9 Å². The summed E-state index contributed by atoms with van der Waals surface area (Å²) in [5.41, 5.74) is 0.306. The van der Waals surface area contributed by atoms with Crippen LogP contribution in [0, 0.1) is 5.82 Å². The first-order valence-corrected chi connectivity index (χ1v) is 4.79. The van der Waals surface area contributed by atoms with E-state index < -0.39 is 11.8 Å². The van der Waals surface area contributed by atoms with Gasteiger partial charge >= 0.3 is 5.97 Å². The minimum atomic E-state index is -0.909. The molecule has 0 bridgehead atoms. The summed E-state index contributed by atoms with van der Waals surface area (Å²) in [5, 5.41) is 11.1. The number of nitrogens with one attached hydrogen (secondary N) is 1. The van der Waals surface area contributed by atoms with E-state index in [2.05, 4.69) is 21.2 Å². The normalized spacial score (nSPS) is 9.86. The molecule has 0 amide bonds. The van der Waals surface area contributed by atoms with Crippen molar-refractivity contribution < 1.29 is 14.3 Å². The highest BCUT2D eigenvalue weighted by atomic mass is 79.9. The van der Waals surface area contributed by atoms with E-state index in [-0.39, 0.29) is 13.0 Å². The largest absolute Gasteiger partial charge is 0.481 e. The van der Waals surface area contributed by atoms with Gasteiger partial charge in [-0.2, -0.15) is 0 Å². The molecule has 76 valence electrons. The monoisotopic (exact) mass is 261 g/mol. The van der Waals surface area contributed by atoms with Gasteiger partial charge in [-0.15, -0.1) is 0 Å². The molecular weight excluding hydrogens is 253 g/mol. The van der Waals surface area contributed by atoms with Crippen LogP contribution >= 0.6 is 15.9 Å². The Morgan fingerprint density at radius 1 is 1.57 bits per heavy atom. The zero-order chi connectivity index (χ0) is 10.6. The minimum absolute atomic E-state index is 0.0358. The second-order valence-electron chi connectivity index (χ2n) is 2.69. The maximum Gasteiger partial charge on any atom is 0.305 e. The Hall–Kier alpha value is -1.10. The summed E-state index contributed by atoms with van der Waals surface area (Å²) >= 11 is 3.19. The first-order chi connectivity index (χ1) is 6.59. The number of rotatable bonds is 4. The lowest BCUT2D eigenvalue weighted by Crippen LogP contribution is -2.08. The van der Waals surface area contributed by atoms with Crippen LogP contribution in [0.15, 0.2) is 22.7 Å². The van der Waals surface area contributed by atoms with Gasteiger partial charge in [0.15, 0.2) is 0 Å². The standard InChI is InChI=1S/C9H9BrFNO2/c10-6-1-2-7(11)8(5-6)12-4-3-9(13)14/h1-2,5,12H,3-4H2,(H,13,14). The lowest BCUT2D eigenvalue weighted by Gasteiger charge is -2.05. The molecular formula is C9H9BrFNO2. The molecule has 0 spiro atoms. The van der Waals surface area contributed by atoms with Crippen LogP contribution in [0.2, 0.25) is 0 Å². The number of carboxylic acids is 1. The Balaban J connectivity index is 2.57. The first-order valence-electron chi connectivity index (χ1n) is 4.00. The molecule has 1 aromatic rings. The highest BCUT2D eigenvalue weighted by molar-refractivity contribution is 9.10. The quantitative estimate of drug-likeness (QED) is 0.876. The molecule has 0 aromatic heterocycles.